The Morgan fingerprint density at radius 3 is 2.31 bits per heavy atom. The number of carbonyl (C=O) groups is 1. The second kappa shape index (κ2) is 6.87. The summed E-state index contributed by atoms with van der Waals surface area (Å²) in [6, 6.07) is 10.1. The summed E-state index contributed by atoms with van der Waals surface area (Å²) in [5.74, 6) is -3.63. The molecule has 2 N–H and O–H groups in total. The molecule has 3 rings (SSSR count). The Labute approximate surface area is 146 Å². The van der Waals surface area contributed by atoms with Gasteiger partial charge >= 0.3 is 5.97 Å². The first-order chi connectivity index (χ1) is 12.4. The van der Waals surface area contributed by atoms with Crippen LogP contribution in [0.4, 0.5) is 24.7 Å². The van der Waals surface area contributed by atoms with Gasteiger partial charge in [0, 0.05) is 5.56 Å². The number of aromatic carboxylic acids is 1. The summed E-state index contributed by atoms with van der Waals surface area (Å²) in [7, 11) is 0. The van der Waals surface area contributed by atoms with Crippen molar-refractivity contribution < 1.29 is 23.1 Å². The van der Waals surface area contributed by atoms with Crippen LogP contribution in [0.1, 0.15) is 15.9 Å². The number of aryl methyl sites for hydroxylation is 1. The van der Waals surface area contributed by atoms with Crippen molar-refractivity contribution in [2.45, 2.75) is 6.92 Å². The van der Waals surface area contributed by atoms with Crippen LogP contribution in [-0.4, -0.2) is 16.1 Å². The molecule has 4 nitrogen and oxygen atoms in total. The van der Waals surface area contributed by atoms with E-state index in [0.29, 0.717) is 5.56 Å². The van der Waals surface area contributed by atoms with Crippen LogP contribution in [-0.2, 0) is 0 Å². The Balaban J connectivity index is 2.11. The number of para-hydroxylation sites is 1. The van der Waals surface area contributed by atoms with Crippen molar-refractivity contribution in [1.29, 1.82) is 0 Å². The van der Waals surface area contributed by atoms with Crippen molar-refractivity contribution in [3.63, 3.8) is 0 Å². The van der Waals surface area contributed by atoms with Gasteiger partial charge in [-0.1, -0.05) is 12.1 Å². The summed E-state index contributed by atoms with van der Waals surface area (Å²) < 4.78 is 41.9. The van der Waals surface area contributed by atoms with Crippen molar-refractivity contribution >= 4 is 17.5 Å². The van der Waals surface area contributed by atoms with E-state index in [9.17, 15) is 23.1 Å². The molecular weight excluding hydrogens is 345 g/mol. The number of pyridine rings is 1. The maximum absolute atomic E-state index is 14.3. The standard InChI is InChI=1S/C19H13F3N2O2/c1-10-5-6-11(15(22)9-10)17-12(19(25)26)7-8-16(23-17)24-18-13(20)3-2-4-14(18)21/h2-9H,1H3,(H,23,24)(H,25,26). The molecule has 0 aliphatic carbocycles. The Morgan fingerprint density at radius 2 is 1.69 bits per heavy atom. The summed E-state index contributed by atoms with van der Waals surface area (Å²) >= 11 is 0. The number of anilines is 2. The minimum absolute atomic E-state index is 0.0195. The first-order valence-electron chi connectivity index (χ1n) is 7.58. The Morgan fingerprint density at radius 1 is 1.00 bits per heavy atom. The minimum Gasteiger partial charge on any atom is -0.478 e. The molecule has 1 heterocycles. The number of halogens is 3. The molecule has 0 atom stereocenters. The van der Waals surface area contributed by atoms with Crippen molar-refractivity contribution in [2.24, 2.45) is 0 Å². The second-order valence-electron chi connectivity index (χ2n) is 5.60. The molecule has 132 valence electrons. The van der Waals surface area contributed by atoms with E-state index in [-0.39, 0.29) is 22.6 Å². The first-order valence-corrected chi connectivity index (χ1v) is 7.58. The van der Waals surface area contributed by atoms with E-state index in [2.05, 4.69) is 10.3 Å². The number of hydrogen-bond acceptors (Lipinski definition) is 3. The summed E-state index contributed by atoms with van der Waals surface area (Å²) in [6.45, 7) is 1.69. The maximum atomic E-state index is 14.3. The number of aromatic nitrogens is 1. The third-order valence-electron chi connectivity index (χ3n) is 3.72. The molecule has 0 amide bonds. The van der Waals surface area contributed by atoms with Crippen LogP contribution in [0, 0.1) is 24.4 Å². The van der Waals surface area contributed by atoms with Gasteiger partial charge in [0.2, 0.25) is 0 Å². The molecule has 2 aromatic carbocycles. The number of benzene rings is 2. The van der Waals surface area contributed by atoms with Gasteiger partial charge in [-0.25, -0.2) is 22.9 Å². The molecule has 0 bridgehead atoms. The lowest BCUT2D eigenvalue weighted by atomic mass is 10.0. The molecule has 0 saturated heterocycles. The molecule has 3 aromatic rings. The van der Waals surface area contributed by atoms with Crippen molar-refractivity contribution in [3.05, 3.63) is 77.1 Å². The van der Waals surface area contributed by atoms with Gasteiger partial charge < -0.3 is 10.4 Å². The molecule has 0 spiro atoms. The second-order valence-corrected chi connectivity index (χ2v) is 5.60. The zero-order valence-electron chi connectivity index (χ0n) is 13.6. The zero-order chi connectivity index (χ0) is 18.8. The third-order valence-corrected chi connectivity index (χ3v) is 3.72. The van der Waals surface area contributed by atoms with Gasteiger partial charge in [-0.15, -0.1) is 0 Å². The normalized spacial score (nSPS) is 10.6. The summed E-state index contributed by atoms with van der Waals surface area (Å²) in [4.78, 5) is 15.5. The topological polar surface area (TPSA) is 62.2 Å². The van der Waals surface area contributed by atoms with Gasteiger partial charge in [0.15, 0.2) is 0 Å². The van der Waals surface area contributed by atoms with Crippen molar-refractivity contribution in [2.75, 3.05) is 5.32 Å². The van der Waals surface area contributed by atoms with Gasteiger partial charge in [0.25, 0.3) is 0 Å². The van der Waals surface area contributed by atoms with E-state index in [1.54, 1.807) is 13.0 Å². The SMILES string of the molecule is Cc1ccc(-c2nc(Nc3c(F)cccc3F)ccc2C(=O)O)c(F)c1. The number of rotatable bonds is 4. The molecule has 0 radical (unpaired) electrons. The fourth-order valence-corrected chi connectivity index (χ4v) is 2.46. The van der Waals surface area contributed by atoms with Crippen LogP contribution in [0.3, 0.4) is 0 Å². The Kier molecular flexibility index (Phi) is 4.62. The number of carboxylic acids is 1. The average Bonchev–Trinajstić information content (AvgIpc) is 2.58. The van der Waals surface area contributed by atoms with Gasteiger partial charge in [-0.3, -0.25) is 0 Å². The van der Waals surface area contributed by atoms with Crippen LogP contribution >= 0.6 is 0 Å². The lowest BCUT2D eigenvalue weighted by Crippen LogP contribution is -2.06. The van der Waals surface area contributed by atoms with E-state index in [1.807, 2.05) is 0 Å². The van der Waals surface area contributed by atoms with Crippen LogP contribution in [0.25, 0.3) is 11.3 Å². The van der Waals surface area contributed by atoms with E-state index in [1.165, 1.54) is 30.3 Å². The highest BCUT2D eigenvalue weighted by atomic mass is 19.1. The largest absolute Gasteiger partial charge is 0.478 e. The van der Waals surface area contributed by atoms with Gasteiger partial charge in [0.05, 0.1) is 11.3 Å². The molecular formula is C19H13F3N2O2. The lowest BCUT2D eigenvalue weighted by molar-refractivity contribution is 0.0697. The Bertz CT molecular complexity index is 986. The highest BCUT2D eigenvalue weighted by molar-refractivity contribution is 5.95. The predicted molar refractivity (Wildman–Crippen MR) is 91.0 cm³/mol. The van der Waals surface area contributed by atoms with Gasteiger partial charge in [-0.05, 0) is 48.9 Å². The lowest BCUT2D eigenvalue weighted by Gasteiger charge is -2.12. The Hall–Kier alpha value is -3.35. The number of nitrogens with zero attached hydrogens (tertiary/aromatic N) is 1. The van der Waals surface area contributed by atoms with Crippen LogP contribution < -0.4 is 5.32 Å². The zero-order valence-corrected chi connectivity index (χ0v) is 13.6. The highest BCUT2D eigenvalue weighted by Crippen LogP contribution is 2.29. The average molecular weight is 358 g/mol. The van der Waals surface area contributed by atoms with Crippen LogP contribution in [0.2, 0.25) is 0 Å². The first kappa shape index (κ1) is 17.5. The fourth-order valence-electron chi connectivity index (χ4n) is 2.46. The molecule has 0 aliphatic heterocycles. The quantitative estimate of drug-likeness (QED) is 0.695. The maximum Gasteiger partial charge on any atom is 0.337 e. The predicted octanol–water partition coefficient (Wildman–Crippen LogP) is 4.92. The number of carboxylic acid groups (broad SMARTS) is 1. The molecule has 26 heavy (non-hydrogen) atoms. The van der Waals surface area contributed by atoms with E-state index >= 15 is 0 Å². The monoisotopic (exact) mass is 358 g/mol. The van der Waals surface area contributed by atoms with Crippen molar-refractivity contribution in [1.82, 2.24) is 4.98 Å². The molecule has 1 aromatic heterocycles. The minimum atomic E-state index is -1.30. The summed E-state index contributed by atoms with van der Waals surface area (Å²) in [5.41, 5.74) is -0.168. The highest BCUT2D eigenvalue weighted by Gasteiger charge is 2.18. The van der Waals surface area contributed by atoms with E-state index in [4.69, 9.17) is 0 Å². The fraction of sp³-hybridized carbons (Fsp3) is 0.0526. The smallest absolute Gasteiger partial charge is 0.337 e. The van der Waals surface area contributed by atoms with Crippen LogP contribution in [0.5, 0.6) is 0 Å². The molecule has 0 fully saturated rings. The molecule has 7 heteroatoms. The number of nitrogens with one attached hydrogen (secondary N) is 1. The molecule has 0 saturated carbocycles. The van der Waals surface area contributed by atoms with E-state index in [0.717, 1.165) is 12.1 Å². The molecule has 0 aliphatic rings. The molecule has 0 unspecified atom stereocenters. The van der Waals surface area contributed by atoms with Crippen molar-refractivity contribution in [3.8, 4) is 11.3 Å². The summed E-state index contributed by atoms with van der Waals surface area (Å²) in [5, 5.41) is 11.8. The van der Waals surface area contributed by atoms with Gasteiger partial charge in [-0.2, -0.15) is 0 Å². The van der Waals surface area contributed by atoms with Gasteiger partial charge in [0.1, 0.15) is 29.0 Å². The van der Waals surface area contributed by atoms with E-state index < -0.39 is 29.1 Å². The number of hydrogen-bond donors (Lipinski definition) is 2. The van der Waals surface area contributed by atoms with Crippen LogP contribution in [0.15, 0.2) is 48.5 Å². The third kappa shape index (κ3) is 3.37. The summed E-state index contributed by atoms with van der Waals surface area (Å²) in [6.07, 6.45) is 0.